The Morgan fingerprint density at radius 2 is 1.94 bits per heavy atom. The summed E-state index contributed by atoms with van der Waals surface area (Å²) in [7, 11) is 0. The largest absolute Gasteiger partial charge is 0.373 e. The van der Waals surface area contributed by atoms with E-state index in [4.69, 9.17) is 9.72 Å². The van der Waals surface area contributed by atoms with Crippen LogP contribution in [0, 0.1) is 18.6 Å². The maximum atomic E-state index is 14.4. The molecule has 0 saturated carbocycles. The van der Waals surface area contributed by atoms with Gasteiger partial charge in [0.15, 0.2) is 0 Å². The van der Waals surface area contributed by atoms with Crippen LogP contribution in [0.1, 0.15) is 12.0 Å². The van der Waals surface area contributed by atoms with Crippen molar-refractivity contribution in [2.24, 2.45) is 0 Å². The van der Waals surface area contributed by atoms with Gasteiger partial charge >= 0.3 is 0 Å². The third-order valence-electron chi connectivity index (χ3n) is 6.69. The lowest BCUT2D eigenvalue weighted by Crippen LogP contribution is -2.57. The van der Waals surface area contributed by atoms with Crippen LogP contribution >= 0.6 is 0 Å². The van der Waals surface area contributed by atoms with Gasteiger partial charge < -0.3 is 19.9 Å². The van der Waals surface area contributed by atoms with E-state index in [-0.39, 0.29) is 17.7 Å². The summed E-state index contributed by atoms with van der Waals surface area (Å²) in [5.74, 6) is -0.0129. The number of halogens is 2. The Morgan fingerprint density at radius 1 is 1.06 bits per heavy atom. The number of hydrogen-bond acceptors (Lipinski definition) is 5. The number of nitrogens with one attached hydrogen (secondary N) is 2. The minimum Gasteiger partial charge on any atom is -0.373 e. The highest BCUT2D eigenvalue weighted by atomic mass is 19.1. The standard InChI is InChI=1S/C26H25F2N5O/c1-15-8-16(10-18(28)9-15)19-12-29-13-20(26-31-21-3-2-17(27)11-23(21)32-26)25(19)33-6-4-22-24(14-33)34-7-5-30-22/h2-3,8-13,22,24,30H,4-7,14H2,1H3,(H,31,32)/t22-,24-/m1/s1. The van der Waals surface area contributed by atoms with Gasteiger partial charge in [-0.05, 0) is 54.8 Å². The van der Waals surface area contributed by atoms with E-state index in [1.165, 1.54) is 24.3 Å². The molecule has 8 heteroatoms. The predicted molar refractivity (Wildman–Crippen MR) is 128 cm³/mol. The van der Waals surface area contributed by atoms with E-state index in [1.807, 2.05) is 13.0 Å². The van der Waals surface area contributed by atoms with E-state index in [1.54, 1.807) is 18.5 Å². The number of nitrogens with zero attached hydrogens (tertiary/aromatic N) is 3. The molecule has 6 nitrogen and oxygen atoms in total. The normalized spacial score (nSPS) is 20.5. The Bertz CT molecular complexity index is 1350. The van der Waals surface area contributed by atoms with Gasteiger partial charge in [0.2, 0.25) is 0 Å². The van der Waals surface area contributed by atoms with Crippen molar-refractivity contribution in [1.82, 2.24) is 20.3 Å². The fourth-order valence-electron chi connectivity index (χ4n) is 5.16. The van der Waals surface area contributed by atoms with E-state index in [0.29, 0.717) is 36.1 Å². The van der Waals surface area contributed by atoms with Crippen LogP contribution in [-0.2, 0) is 4.74 Å². The average Bonchev–Trinajstić information content (AvgIpc) is 3.26. The number of pyridine rings is 1. The molecule has 6 rings (SSSR count). The van der Waals surface area contributed by atoms with Crippen LogP contribution in [0.25, 0.3) is 33.5 Å². The van der Waals surface area contributed by atoms with E-state index >= 15 is 0 Å². The van der Waals surface area contributed by atoms with Crippen molar-refractivity contribution in [3.8, 4) is 22.5 Å². The van der Waals surface area contributed by atoms with Crippen molar-refractivity contribution in [2.45, 2.75) is 25.5 Å². The van der Waals surface area contributed by atoms with E-state index < -0.39 is 0 Å². The summed E-state index contributed by atoms with van der Waals surface area (Å²) >= 11 is 0. The average molecular weight is 462 g/mol. The Hall–Kier alpha value is -3.36. The summed E-state index contributed by atoms with van der Waals surface area (Å²) in [6.07, 6.45) is 4.54. The molecule has 0 aliphatic carbocycles. The first kappa shape index (κ1) is 21.2. The van der Waals surface area contributed by atoms with Gasteiger partial charge in [0.25, 0.3) is 0 Å². The zero-order valence-corrected chi connectivity index (χ0v) is 18.8. The molecule has 4 aromatic rings. The zero-order valence-electron chi connectivity index (χ0n) is 18.8. The minimum atomic E-state index is -0.325. The van der Waals surface area contributed by atoms with Crippen molar-refractivity contribution >= 4 is 16.7 Å². The first-order valence-corrected chi connectivity index (χ1v) is 11.6. The highest BCUT2D eigenvalue weighted by molar-refractivity contribution is 5.91. The molecule has 174 valence electrons. The van der Waals surface area contributed by atoms with Gasteiger partial charge in [-0.25, -0.2) is 13.8 Å². The molecule has 2 aliphatic heterocycles. The second-order valence-corrected chi connectivity index (χ2v) is 9.05. The van der Waals surface area contributed by atoms with Crippen molar-refractivity contribution in [1.29, 1.82) is 0 Å². The third-order valence-corrected chi connectivity index (χ3v) is 6.69. The SMILES string of the molecule is Cc1cc(F)cc(-c2cncc(-c3nc4ccc(F)cc4[nH]3)c2N2CC[C@H]3NCCO[C@@H]3C2)c1. The number of fused-ring (bicyclic) bond motifs is 2. The maximum absolute atomic E-state index is 14.4. The summed E-state index contributed by atoms with van der Waals surface area (Å²) in [4.78, 5) is 14.8. The summed E-state index contributed by atoms with van der Waals surface area (Å²) in [5.41, 5.74) is 5.43. The van der Waals surface area contributed by atoms with Crippen LogP contribution in [0.4, 0.5) is 14.5 Å². The van der Waals surface area contributed by atoms with Crippen LogP contribution < -0.4 is 10.2 Å². The van der Waals surface area contributed by atoms with Gasteiger partial charge in [0, 0.05) is 43.6 Å². The number of H-pyrrole nitrogens is 1. The van der Waals surface area contributed by atoms with E-state index in [9.17, 15) is 8.78 Å². The Kier molecular flexibility index (Phi) is 5.27. The summed E-state index contributed by atoms with van der Waals surface area (Å²) in [5, 5.41) is 3.56. The lowest BCUT2D eigenvalue weighted by Gasteiger charge is -2.43. The first-order chi connectivity index (χ1) is 16.5. The quantitative estimate of drug-likeness (QED) is 0.472. The number of piperidine rings is 1. The maximum Gasteiger partial charge on any atom is 0.142 e. The number of ether oxygens (including phenoxy) is 1. The Morgan fingerprint density at radius 3 is 2.82 bits per heavy atom. The molecule has 2 N–H and O–H groups in total. The molecule has 2 atom stereocenters. The predicted octanol–water partition coefficient (Wildman–Crippen LogP) is 4.45. The molecule has 0 amide bonds. The molecule has 4 heterocycles. The van der Waals surface area contributed by atoms with E-state index in [2.05, 4.69) is 20.2 Å². The van der Waals surface area contributed by atoms with Gasteiger partial charge in [0.1, 0.15) is 17.5 Å². The lowest BCUT2D eigenvalue weighted by molar-refractivity contribution is -0.00899. The lowest BCUT2D eigenvalue weighted by atomic mass is 9.95. The van der Waals surface area contributed by atoms with Crippen LogP contribution in [0.5, 0.6) is 0 Å². The number of hydrogen-bond donors (Lipinski definition) is 2. The number of morpholine rings is 1. The molecular formula is C26H25F2N5O. The highest BCUT2D eigenvalue weighted by Crippen LogP contribution is 2.40. The number of imidazole rings is 1. The van der Waals surface area contributed by atoms with Gasteiger partial charge in [-0.3, -0.25) is 4.98 Å². The van der Waals surface area contributed by atoms with Crippen LogP contribution in [-0.4, -0.2) is 53.3 Å². The van der Waals surface area contributed by atoms with E-state index in [0.717, 1.165) is 47.5 Å². The van der Waals surface area contributed by atoms with Crippen LogP contribution in [0.15, 0.2) is 48.8 Å². The molecule has 34 heavy (non-hydrogen) atoms. The topological polar surface area (TPSA) is 66.1 Å². The molecule has 2 aromatic carbocycles. The number of aromatic nitrogens is 3. The van der Waals surface area contributed by atoms with Gasteiger partial charge in [-0.2, -0.15) is 0 Å². The number of benzene rings is 2. The van der Waals surface area contributed by atoms with Crippen molar-refractivity contribution in [3.63, 3.8) is 0 Å². The number of aryl methyl sites for hydroxylation is 1. The van der Waals surface area contributed by atoms with Crippen molar-refractivity contribution in [2.75, 3.05) is 31.1 Å². The van der Waals surface area contributed by atoms with Gasteiger partial charge in [0.05, 0.1) is 35.0 Å². The van der Waals surface area contributed by atoms with Crippen molar-refractivity contribution < 1.29 is 13.5 Å². The monoisotopic (exact) mass is 461 g/mol. The summed E-state index contributed by atoms with van der Waals surface area (Å²) in [6, 6.07) is 9.83. The zero-order chi connectivity index (χ0) is 23.2. The molecule has 2 aliphatic rings. The molecule has 0 unspecified atom stereocenters. The molecule has 2 aromatic heterocycles. The summed E-state index contributed by atoms with van der Waals surface area (Å²) < 4.78 is 34.3. The van der Waals surface area contributed by atoms with Gasteiger partial charge in [-0.15, -0.1) is 0 Å². The number of aromatic amines is 1. The van der Waals surface area contributed by atoms with Crippen molar-refractivity contribution in [3.05, 3.63) is 66.0 Å². The fraction of sp³-hybridized carbons (Fsp3) is 0.308. The Balaban J connectivity index is 1.52. The molecule has 2 saturated heterocycles. The first-order valence-electron chi connectivity index (χ1n) is 11.6. The number of anilines is 1. The number of rotatable bonds is 3. The molecule has 0 radical (unpaired) electrons. The van der Waals surface area contributed by atoms with Gasteiger partial charge in [-0.1, -0.05) is 6.07 Å². The second kappa shape index (κ2) is 8.45. The Labute approximate surface area is 196 Å². The molecule has 0 bridgehead atoms. The molecule has 2 fully saturated rings. The van der Waals surface area contributed by atoms with Crippen LogP contribution in [0.3, 0.4) is 0 Å². The second-order valence-electron chi connectivity index (χ2n) is 9.05. The molecular weight excluding hydrogens is 436 g/mol. The summed E-state index contributed by atoms with van der Waals surface area (Å²) in [6.45, 7) is 4.94. The van der Waals surface area contributed by atoms with Crippen LogP contribution in [0.2, 0.25) is 0 Å². The fourth-order valence-corrected chi connectivity index (χ4v) is 5.16. The highest BCUT2D eigenvalue weighted by Gasteiger charge is 2.34. The smallest absolute Gasteiger partial charge is 0.142 e. The minimum absolute atomic E-state index is 0.0652. The molecule has 0 spiro atoms. The third kappa shape index (κ3) is 3.82.